The Morgan fingerprint density at radius 1 is 1.47 bits per heavy atom. The zero-order valence-electron chi connectivity index (χ0n) is 9.33. The molecule has 0 bridgehead atoms. The number of aromatic nitrogens is 1. The van der Waals surface area contributed by atoms with Crippen LogP contribution in [0.1, 0.15) is 16.8 Å². The average molecular weight is 206 g/mol. The molecule has 3 nitrogen and oxygen atoms in total. The summed E-state index contributed by atoms with van der Waals surface area (Å²) in [6.07, 6.45) is 2.56. The normalized spacial score (nSPS) is 25.8. The Bertz CT molecular complexity index is 351. The number of aryl methyl sites for hydroxylation is 2. The molecule has 2 N–H and O–H groups in total. The molecular weight excluding hydrogens is 188 g/mol. The number of hydrogen-bond donors (Lipinski definition) is 2. The van der Waals surface area contributed by atoms with E-state index in [0.29, 0.717) is 5.92 Å². The molecule has 0 saturated carbocycles. The zero-order chi connectivity index (χ0) is 10.8. The van der Waals surface area contributed by atoms with Gasteiger partial charge >= 0.3 is 0 Å². The topological polar surface area (TPSA) is 45.2 Å². The Morgan fingerprint density at radius 3 is 2.87 bits per heavy atom. The molecule has 1 aliphatic rings. The van der Waals surface area contributed by atoms with E-state index in [1.165, 1.54) is 11.1 Å². The first-order chi connectivity index (χ1) is 7.16. The van der Waals surface area contributed by atoms with Crippen LogP contribution in [0.3, 0.4) is 0 Å². The molecule has 0 unspecified atom stereocenters. The summed E-state index contributed by atoms with van der Waals surface area (Å²) < 4.78 is 0. The van der Waals surface area contributed by atoms with Gasteiger partial charge in [-0.2, -0.15) is 0 Å². The lowest BCUT2D eigenvalue weighted by molar-refractivity contribution is 0.147. The minimum Gasteiger partial charge on any atom is -0.391 e. The molecule has 0 radical (unpaired) electrons. The zero-order valence-corrected chi connectivity index (χ0v) is 9.33. The molecule has 0 spiro atoms. The number of aliphatic hydroxyl groups excluding tert-OH is 1. The number of pyridine rings is 1. The van der Waals surface area contributed by atoms with Crippen LogP contribution in [-0.2, 0) is 6.42 Å². The Kier molecular flexibility index (Phi) is 3.03. The van der Waals surface area contributed by atoms with E-state index in [-0.39, 0.29) is 6.10 Å². The molecule has 2 rings (SSSR count). The average Bonchev–Trinajstić information content (AvgIpc) is 2.57. The fourth-order valence-corrected chi connectivity index (χ4v) is 2.13. The first-order valence-electron chi connectivity index (χ1n) is 5.47. The predicted octanol–water partition coefficient (Wildman–Crippen LogP) is 0.821. The summed E-state index contributed by atoms with van der Waals surface area (Å²) in [5.74, 6) is 0.318. The summed E-state index contributed by atoms with van der Waals surface area (Å²) in [5.41, 5.74) is 3.55. The molecule has 1 aromatic heterocycles. The van der Waals surface area contributed by atoms with Gasteiger partial charge in [-0.1, -0.05) is 6.07 Å². The van der Waals surface area contributed by atoms with Crippen molar-refractivity contribution in [1.29, 1.82) is 0 Å². The summed E-state index contributed by atoms with van der Waals surface area (Å²) in [7, 11) is 0. The monoisotopic (exact) mass is 206 g/mol. The lowest BCUT2D eigenvalue weighted by Gasteiger charge is -2.14. The third kappa shape index (κ3) is 2.36. The van der Waals surface area contributed by atoms with Crippen LogP contribution in [0, 0.1) is 19.8 Å². The molecular formula is C12H18N2O. The van der Waals surface area contributed by atoms with Crippen molar-refractivity contribution in [2.45, 2.75) is 26.4 Å². The summed E-state index contributed by atoms with van der Waals surface area (Å²) in [6, 6.07) is 2.15. The lowest BCUT2D eigenvalue weighted by atomic mass is 9.97. The van der Waals surface area contributed by atoms with E-state index in [9.17, 15) is 5.11 Å². The van der Waals surface area contributed by atoms with Crippen molar-refractivity contribution in [2.75, 3.05) is 13.1 Å². The Balaban J connectivity index is 2.10. The van der Waals surface area contributed by atoms with Crippen molar-refractivity contribution in [3.05, 3.63) is 29.1 Å². The fraction of sp³-hybridized carbons (Fsp3) is 0.583. The van der Waals surface area contributed by atoms with Crippen LogP contribution in [0.5, 0.6) is 0 Å². The molecule has 2 atom stereocenters. The van der Waals surface area contributed by atoms with Crippen LogP contribution < -0.4 is 5.32 Å². The summed E-state index contributed by atoms with van der Waals surface area (Å²) >= 11 is 0. The number of nitrogens with zero attached hydrogens (tertiary/aromatic N) is 1. The molecule has 15 heavy (non-hydrogen) atoms. The van der Waals surface area contributed by atoms with Crippen molar-refractivity contribution in [3.63, 3.8) is 0 Å². The second-order valence-corrected chi connectivity index (χ2v) is 4.47. The van der Waals surface area contributed by atoms with Crippen molar-refractivity contribution in [2.24, 2.45) is 5.92 Å². The maximum atomic E-state index is 9.71. The van der Waals surface area contributed by atoms with Crippen LogP contribution in [0.2, 0.25) is 0 Å². The van der Waals surface area contributed by atoms with E-state index in [2.05, 4.69) is 30.2 Å². The third-order valence-electron chi connectivity index (χ3n) is 3.08. The maximum Gasteiger partial charge on any atom is 0.0708 e. The largest absolute Gasteiger partial charge is 0.391 e. The van der Waals surface area contributed by atoms with Gasteiger partial charge in [0, 0.05) is 30.9 Å². The molecule has 1 aromatic rings. The van der Waals surface area contributed by atoms with E-state index in [0.717, 1.165) is 25.2 Å². The third-order valence-corrected chi connectivity index (χ3v) is 3.08. The van der Waals surface area contributed by atoms with Crippen LogP contribution in [-0.4, -0.2) is 29.3 Å². The second kappa shape index (κ2) is 4.29. The molecule has 3 heteroatoms. The molecule has 0 aromatic carbocycles. The van der Waals surface area contributed by atoms with Gasteiger partial charge in [0.2, 0.25) is 0 Å². The van der Waals surface area contributed by atoms with E-state index in [1.807, 2.05) is 6.20 Å². The van der Waals surface area contributed by atoms with Gasteiger partial charge < -0.3 is 10.4 Å². The van der Waals surface area contributed by atoms with Crippen molar-refractivity contribution < 1.29 is 5.11 Å². The van der Waals surface area contributed by atoms with Gasteiger partial charge in [-0.25, -0.2) is 0 Å². The van der Waals surface area contributed by atoms with Gasteiger partial charge in [0.25, 0.3) is 0 Å². The number of nitrogens with one attached hydrogen (secondary N) is 1. The van der Waals surface area contributed by atoms with Gasteiger partial charge in [-0.3, -0.25) is 4.98 Å². The molecule has 2 heterocycles. The highest BCUT2D eigenvalue weighted by atomic mass is 16.3. The molecule has 1 saturated heterocycles. The smallest absolute Gasteiger partial charge is 0.0708 e. The van der Waals surface area contributed by atoms with Crippen LogP contribution in [0.4, 0.5) is 0 Å². The Labute approximate surface area is 90.5 Å². The Morgan fingerprint density at radius 2 is 2.27 bits per heavy atom. The van der Waals surface area contributed by atoms with Crippen molar-refractivity contribution >= 4 is 0 Å². The molecule has 1 aliphatic heterocycles. The predicted molar refractivity (Wildman–Crippen MR) is 59.8 cm³/mol. The summed E-state index contributed by atoms with van der Waals surface area (Å²) in [5, 5.41) is 12.9. The standard InChI is InChI=1S/C12H18N2O/c1-8-3-9(2)11(14-5-8)4-10-6-13-7-12(10)15/h3,5,10,12-13,15H,4,6-7H2,1-2H3/t10-,12-/m1/s1. The minimum atomic E-state index is -0.215. The van der Waals surface area contributed by atoms with Crippen LogP contribution in [0.15, 0.2) is 12.3 Å². The minimum absolute atomic E-state index is 0.215. The highest BCUT2D eigenvalue weighted by Gasteiger charge is 2.25. The second-order valence-electron chi connectivity index (χ2n) is 4.47. The first kappa shape index (κ1) is 10.6. The summed E-state index contributed by atoms with van der Waals surface area (Å²) in [4.78, 5) is 4.44. The van der Waals surface area contributed by atoms with E-state index in [1.54, 1.807) is 0 Å². The lowest BCUT2D eigenvalue weighted by Crippen LogP contribution is -2.20. The fourth-order valence-electron chi connectivity index (χ4n) is 2.13. The van der Waals surface area contributed by atoms with E-state index < -0.39 is 0 Å². The van der Waals surface area contributed by atoms with Gasteiger partial charge in [0.1, 0.15) is 0 Å². The van der Waals surface area contributed by atoms with E-state index in [4.69, 9.17) is 0 Å². The molecule has 1 fully saturated rings. The number of rotatable bonds is 2. The first-order valence-corrected chi connectivity index (χ1v) is 5.47. The number of hydrogen-bond acceptors (Lipinski definition) is 3. The van der Waals surface area contributed by atoms with E-state index >= 15 is 0 Å². The quantitative estimate of drug-likeness (QED) is 0.753. The number of β-amino-alcohol motifs (C(OH)–C–C–N with tert-alkyl or cyclic N) is 1. The molecule has 0 amide bonds. The Hall–Kier alpha value is -0.930. The van der Waals surface area contributed by atoms with Gasteiger partial charge in [-0.05, 0) is 31.4 Å². The van der Waals surface area contributed by atoms with Gasteiger partial charge in [0.15, 0.2) is 0 Å². The molecule has 82 valence electrons. The van der Waals surface area contributed by atoms with Crippen molar-refractivity contribution in [3.8, 4) is 0 Å². The SMILES string of the molecule is Cc1cnc(C[C@@H]2CNC[C@H]2O)c(C)c1. The van der Waals surface area contributed by atoms with Gasteiger partial charge in [0.05, 0.1) is 6.10 Å². The maximum absolute atomic E-state index is 9.71. The summed E-state index contributed by atoms with van der Waals surface area (Å²) in [6.45, 7) is 5.76. The highest BCUT2D eigenvalue weighted by Crippen LogP contribution is 2.17. The van der Waals surface area contributed by atoms with Crippen LogP contribution >= 0.6 is 0 Å². The number of aliphatic hydroxyl groups is 1. The van der Waals surface area contributed by atoms with Gasteiger partial charge in [-0.15, -0.1) is 0 Å². The van der Waals surface area contributed by atoms with Crippen LogP contribution in [0.25, 0.3) is 0 Å². The van der Waals surface area contributed by atoms with Crippen molar-refractivity contribution in [1.82, 2.24) is 10.3 Å². The molecule has 0 aliphatic carbocycles. The highest BCUT2D eigenvalue weighted by molar-refractivity contribution is 5.23.